The summed E-state index contributed by atoms with van der Waals surface area (Å²) in [6.07, 6.45) is 2.05. The van der Waals surface area contributed by atoms with Gasteiger partial charge in [0.25, 0.3) is 0 Å². The van der Waals surface area contributed by atoms with E-state index in [4.69, 9.17) is 4.74 Å². The molecule has 1 saturated carbocycles. The predicted octanol–water partition coefficient (Wildman–Crippen LogP) is 1.69. The van der Waals surface area contributed by atoms with Crippen LogP contribution in [0.5, 0.6) is 0 Å². The smallest absolute Gasteiger partial charge is 0.209 e. The summed E-state index contributed by atoms with van der Waals surface area (Å²) < 4.78 is 31.1. The highest BCUT2D eigenvalue weighted by atomic mass is 127. The number of halogens is 1. The minimum atomic E-state index is -3.27. The molecule has 0 heterocycles. The highest BCUT2D eigenvalue weighted by molar-refractivity contribution is 14.0. The molecule has 0 aromatic heterocycles. The lowest BCUT2D eigenvalue weighted by Gasteiger charge is -2.59. The maximum Gasteiger partial charge on any atom is 0.209 e. The third-order valence-electron chi connectivity index (χ3n) is 5.03. The number of guanidine groups is 1. The quantitative estimate of drug-likeness (QED) is 0.287. The van der Waals surface area contributed by atoms with Gasteiger partial charge in [-0.3, -0.25) is 4.99 Å². The molecule has 0 aliphatic heterocycles. The molecule has 0 saturated heterocycles. The average Bonchev–Trinajstić information content (AvgIpc) is 2.41. The molecule has 0 spiro atoms. The van der Waals surface area contributed by atoms with Gasteiger partial charge in [0, 0.05) is 30.7 Å². The first-order chi connectivity index (χ1) is 10.8. The first kappa shape index (κ1) is 24.9. The molecule has 3 N–H and O–H groups in total. The number of rotatable bonds is 7. The summed E-state index contributed by atoms with van der Waals surface area (Å²) in [5.74, 6) is 0.692. The summed E-state index contributed by atoms with van der Waals surface area (Å²) in [7, 11) is -1.53. The molecule has 0 aromatic carbocycles. The predicted molar refractivity (Wildman–Crippen MR) is 114 cm³/mol. The van der Waals surface area contributed by atoms with E-state index in [1.54, 1.807) is 7.11 Å². The number of nitrogens with zero attached hydrogens (tertiary/aromatic N) is 1. The van der Waals surface area contributed by atoms with Crippen molar-refractivity contribution in [3.05, 3.63) is 0 Å². The molecule has 1 rings (SSSR count). The number of aliphatic imine (C=N–C) groups is 1. The first-order valence-electron chi connectivity index (χ1n) is 8.35. The van der Waals surface area contributed by atoms with Crippen molar-refractivity contribution >= 4 is 40.0 Å². The summed E-state index contributed by atoms with van der Waals surface area (Å²) in [6, 6.07) is 0.242. The van der Waals surface area contributed by atoms with Crippen LogP contribution in [0.15, 0.2) is 4.99 Å². The molecule has 2 unspecified atom stereocenters. The van der Waals surface area contributed by atoms with Gasteiger partial charge in [-0.1, -0.05) is 13.8 Å². The second-order valence-corrected chi connectivity index (χ2v) is 9.76. The number of hydrogen-bond acceptors (Lipinski definition) is 4. The number of methoxy groups -OCH3 is 1. The Hall–Kier alpha value is -0.130. The monoisotopic (exact) mass is 490 g/mol. The van der Waals surface area contributed by atoms with Gasteiger partial charge in [0.05, 0.1) is 18.4 Å². The summed E-state index contributed by atoms with van der Waals surface area (Å²) in [6.45, 7) is 13.2. The van der Waals surface area contributed by atoms with Crippen molar-refractivity contribution in [1.82, 2.24) is 15.4 Å². The van der Waals surface area contributed by atoms with Gasteiger partial charge in [-0.15, -0.1) is 24.0 Å². The molecular formula is C16H35IN4O3S. The molecule has 0 radical (unpaired) electrons. The van der Waals surface area contributed by atoms with Gasteiger partial charge in [0.1, 0.15) is 0 Å². The Kier molecular flexibility index (Phi) is 8.66. The normalized spacial score (nSPS) is 26.4. The van der Waals surface area contributed by atoms with Crippen molar-refractivity contribution in [1.29, 1.82) is 0 Å². The van der Waals surface area contributed by atoms with Crippen LogP contribution < -0.4 is 15.4 Å². The molecule has 0 aromatic rings. The Bertz CT molecular complexity index is 578. The van der Waals surface area contributed by atoms with Crippen LogP contribution in [0.4, 0.5) is 0 Å². The first-order valence-corrected chi connectivity index (χ1v) is 10.2. The number of nitrogens with one attached hydrogen (secondary N) is 3. The van der Waals surface area contributed by atoms with E-state index in [2.05, 4.69) is 41.1 Å². The van der Waals surface area contributed by atoms with Gasteiger partial charge in [0.2, 0.25) is 10.0 Å². The zero-order valence-electron chi connectivity index (χ0n) is 16.7. The van der Waals surface area contributed by atoms with Gasteiger partial charge >= 0.3 is 0 Å². The minimum Gasteiger partial charge on any atom is -0.378 e. The van der Waals surface area contributed by atoms with E-state index in [0.29, 0.717) is 12.5 Å². The Balaban J connectivity index is 0.00000576. The summed E-state index contributed by atoms with van der Waals surface area (Å²) in [5, 5.41) is 6.67. The third-order valence-corrected chi connectivity index (χ3v) is 5.95. The van der Waals surface area contributed by atoms with Crippen LogP contribution in [-0.2, 0) is 14.8 Å². The number of sulfonamides is 1. The van der Waals surface area contributed by atoms with Gasteiger partial charge in [-0.05, 0) is 34.1 Å². The summed E-state index contributed by atoms with van der Waals surface area (Å²) in [4.78, 5) is 4.56. The van der Waals surface area contributed by atoms with Gasteiger partial charge < -0.3 is 15.4 Å². The average molecular weight is 490 g/mol. The molecular weight excluding hydrogens is 455 g/mol. The molecule has 1 aliphatic carbocycles. The summed E-state index contributed by atoms with van der Waals surface area (Å²) >= 11 is 0. The molecule has 9 heteroatoms. The molecule has 25 heavy (non-hydrogen) atoms. The van der Waals surface area contributed by atoms with E-state index < -0.39 is 15.6 Å². The maximum absolute atomic E-state index is 11.4. The zero-order chi connectivity index (χ0) is 18.8. The highest BCUT2D eigenvalue weighted by Crippen LogP contribution is 2.51. The van der Waals surface area contributed by atoms with Crippen molar-refractivity contribution in [2.45, 2.75) is 65.1 Å². The Morgan fingerprint density at radius 1 is 1.32 bits per heavy atom. The van der Waals surface area contributed by atoms with Gasteiger partial charge in [-0.25, -0.2) is 13.1 Å². The third kappa shape index (κ3) is 6.51. The molecule has 0 bridgehead atoms. The standard InChI is InChI=1S/C16H34N4O3S.HI/c1-9-17-13(18-11-14(2,3)20-24(8,21)22)19-12-10-16(6,23-7)15(12,4)5;/h12,20H,9-11H2,1-8H3,(H2,17,18,19);1H. The van der Waals surface area contributed by atoms with Crippen molar-refractivity contribution in [2.24, 2.45) is 10.4 Å². The molecule has 0 amide bonds. The van der Waals surface area contributed by atoms with E-state index in [1.807, 2.05) is 20.8 Å². The lowest BCUT2D eigenvalue weighted by atomic mass is 9.56. The van der Waals surface area contributed by atoms with E-state index in [-0.39, 0.29) is 41.0 Å². The van der Waals surface area contributed by atoms with Crippen molar-refractivity contribution < 1.29 is 13.2 Å². The van der Waals surface area contributed by atoms with Crippen LogP contribution in [0.1, 0.15) is 48.0 Å². The van der Waals surface area contributed by atoms with Crippen LogP contribution >= 0.6 is 24.0 Å². The second-order valence-electron chi connectivity index (χ2n) is 8.01. The number of hydrogen-bond donors (Lipinski definition) is 3. The van der Waals surface area contributed by atoms with Crippen LogP contribution in [-0.4, -0.2) is 58.0 Å². The Morgan fingerprint density at radius 3 is 2.28 bits per heavy atom. The van der Waals surface area contributed by atoms with E-state index >= 15 is 0 Å². The van der Waals surface area contributed by atoms with E-state index in [0.717, 1.165) is 19.2 Å². The van der Waals surface area contributed by atoms with Gasteiger partial charge in [0.15, 0.2) is 5.96 Å². The molecule has 7 nitrogen and oxygen atoms in total. The maximum atomic E-state index is 11.4. The fraction of sp³-hybridized carbons (Fsp3) is 0.938. The fourth-order valence-corrected chi connectivity index (χ4v) is 4.09. The topological polar surface area (TPSA) is 91.8 Å². The zero-order valence-corrected chi connectivity index (χ0v) is 19.8. The lowest BCUT2D eigenvalue weighted by Crippen LogP contribution is -2.69. The molecule has 150 valence electrons. The van der Waals surface area contributed by atoms with Gasteiger partial charge in [-0.2, -0.15) is 0 Å². The molecule has 1 aliphatic rings. The van der Waals surface area contributed by atoms with Crippen LogP contribution in [0.3, 0.4) is 0 Å². The summed E-state index contributed by atoms with van der Waals surface area (Å²) in [5.41, 5.74) is -0.830. The van der Waals surface area contributed by atoms with Crippen molar-refractivity contribution in [3.63, 3.8) is 0 Å². The number of ether oxygens (including phenoxy) is 1. The van der Waals surface area contributed by atoms with E-state index in [9.17, 15) is 8.42 Å². The van der Waals surface area contributed by atoms with Crippen LogP contribution in [0.25, 0.3) is 0 Å². The largest absolute Gasteiger partial charge is 0.378 e. The van der Waals surface area contributed by atoms with Crippen LogP contribution in [0, 0.1) is 5.41 Å². The minimum absolute atomic E-state index is 0. The molecule has 2 atom stereocenters. The SMILES string of the molecule is CCNC(=NCC(C)(C)NS(C)(=O)=O)NC1CC(C)(OC)C1(C)C.I. The Morgan fingerprint density at radius 2 is 1.88 bits per heavy atom. The Labute approximate surface area is 170 Å². The van der Waals surface area contributed by atoms with Crippen molar-refractivity contribution in [2.75, 3.05) is 26.5 Å². The molecule has 1 fully saturated rings. The van der Waals surface area contributed by atoms with Crippen molar-refractivity contribution in [3.8, 4) is 0 Å². The fourth-order valence-electron chi connectivity index (χ4n) is 3.02. The lowest BCUT2D eigenvalue weighted by molar-refractivity contribution is -0.176. The van der Waals surface area contributed by atoms with Crippen LogP contribution in [0.2, 0.25) is 0 Å². The van der Waals surface area contributed by atoms with E-state index in [1.165, 1.54) is 0 Å². The highest BCUT2D eigenvalue weighted by Gasteiger charge is 2.58. The second kappa shape index (κ2) is 8.71.